The van der Waals surface area contributed by atoms with Gasteiger partial charge in [0.15, 0.2) is 0 Å². The molecular weight excluding hydrogens is 239 g/mol. The molecule has 1 aromatic carbocycles. The van der Waals surface area contributed by atoms with E-state index in [0.29, 0.717) is 29.6 Å². The molecule has 2 nitrogen and oxygen atoms in total. The molecule has 0 radical (unpaired) electrons. The van der Waals surface area contributed by atoms with Crippen LogP contribution in [0.15, 0.2) is 18.2 Å². The van der Waals surface area contributed by atoms with Crippen molar-refractivity contribution in [1.29, 1.82) is 5.26 Å². The highest BCUT2D eigenvalue weighted by Crippen LogP contribution is 2.23. The van der Waals surface area contributed by atoms with E-state index in [1.165, 1.54) is 44.2 Å². The van der Waals surface area contributed by atoms with Crippen LogP contribution in [0.1, 0.15) is 50.2 Å². The second-order valence-electron chi connectivity index (χ2n) is 5.52. The third-order valence-corrected chi connectivity index (χ3v) is 4.09. The molecule has 0 aromatic heterocycles. The number of hydrogen-bond donors (Lipinski definition) is 1. The van der Waals surface area contributed by atoms with Gasteiger partial charge in [-0.25, -0.2) is 4.39 Å². The maximum absolute atomic E-state index is 13.7. The lowest BCUT2D eigenvalue weighted by atomic mass is 9.96. The van der Waals surface area contributed by atoms with Gasteiger partial charge in [0, 0.05) is 18.2 Å². The lowest BCUT2D eigenvalue weighted by Gasteiger charge is -2.23. The zero-order valence-electron chi connectivity index (χ0n) is 11.5. The summed E-state index contributed by atoms with van der Waals surface area (Å²) in [7, 11) is 0. The Balaban J connectivity index is 1.99. The molecular formula is C16H21FN2. The van der Waals surface area contributed by atoms with Crippen molar-refractivity contribution in [2.24, 2.45) is 5.92 Å². The zero-order valence-corrected chi connectivity index (χ0v) is 11.5. The van der Waals surface area contributed by atoms with Gasteiger partial charge in [0.25, 0.3) is 0 Å². The number of benzene rings is 1. The first kappa shape index (κ1) is 14.0. The fourth-order valence-corrected chi connectivity index (χ4v) is 2.82. The van der Waals surface area contributed by atoms with Gasteiger partial charge in [0.05, 0.1) is 11.6 Å². The van der Waals surface area contributed by atoms with E-state index in [9.17, 15) is 4.39 Å². The Morgan fingerprint density at radius 2 is 2.11 bits per heavy atom. The minimum absolute atomic E-state index is 0.229. The molecule has 3 heteroatoms. The molecule has 0 amide bonds. The first-order valence-electron chi connectivity index (χ1n) is 7.12. The number of nitrogens with zero attached hydrogens (tertiary/aromatic N) is 1. The van der Waals surface area contributed by atoms with E-state index in [2.05, 4.69) is 18.3 Å². The van der Waals surface area contributed by atoms with Crippen molar-refractivity contribution in [3.05, 3.63) is 35.1 Å². The van der Waals surface area contributed by atoms with Gasteiger partial charge in [-0.05, 0) is 37.0 Å². The summed E-state index contributed by atoms with van der Waals surface area (Å²) in [5.74, 6) is 0.414. The summed E-state index contributed by atoms with van der Waals surface area (Å²) in [4.78, 5) is 0. The normalized spacial score (nSPS) is 23.6. The second kappa shape index (κ2) is 6.68. The number of nitrogens with one attached hydrogen (secondary N) is 1. The topological polar surface area (TPSA) is 35.8 Å². The Kier molecular flexibility index (Phi) is 4.93. The Hall–Kier alpha value is -1.40. The molecule has 2 atom stereocenters. The van der Waals surface area contributed by atoms with Crippen LogP contribution in [0.25, 0.3) is 0 Å². The van der Waals surface area contributed by atoms with Crippen molar-refractivity contribution in [1.82, 2.24) is 5.32 Å². The highest BCUT2D eigenvalue weighted by molar-refractivity contribution is 5.33. The maximum atomic E-state index is 13.7. The molecule has 0 aliphatic heterocycles. The third kappa shape index (κ3) is 3.78. The largest absolute Gasteiger partial charge is 0.310 e. The first-order chi connectivity index (χ1) is 9.20. The lowest BCUT2D eigenvalue weighted by molar-refractivity contribution is 0.354. The average Bonchev–Trinajstić information content (AvgIpc) is 2.63. The Labute approximate surface area is 114 Å². The van der Waals surface area contributed by atoms with Crippen LogP contribution >= 0.6 is 0 Å². The maximum Gasteiger partial charge on any atom is 0.127 e. The number of nitriles is 1. The van der Waals surface area contributed by atoms with E-state index in [1.807, 2.05) is 0 Å². The van der Waals surface area contributed by atoms with Crippen LogP contribution in [0.2, 0.25) is 0 Å². The van der Waals surface area contributed by atoms with Crippen molar-refractivity contribution >= 4 is 0 Å². The van der Waals surface area contributed by atoms with Crippen molar-refractivity contribution in [3.8, 4) is 6.07 Å². The van der Waals surface area contributed by atoms with Crippen LogP contribution < -0.4 is 5.32 Å². The van der Waals surface area contributed by atoms with Gasteiger partial charge in [0.2, 0.25) is 0 Å². The quantitative estimate of drug-likeness (QED) is 0.840. The van der Waals surface area contributed by atoms with E-state index in [0.717, 1.165) is 0 Å². The van der Waals surface area contributed by atoms with Gasteiger partial charge in [-0.2, -0.15) is 5.26 Å². The van der Waals surface area contributed by atoms with Crippen molar-refractivity contribution in [2.45, 2.75) is 51.6 Å². The van der Waals surface area contributed by atoms with Gasteiger partial charge in [-0.3, -0.25) is 0 Å². The number of rotatable bonds is 3. The molecule has 0 bridgehead atoms. The molecule has 0 heterocycles. The van der Waals surface area contributed by atoms with Crippen LogP contribution in [0.4, 0.5) is 4.39 Å². The highest BCUT2D eigenvalue weighted by Gasteiger charge is 2.19. The molecule has 1 saturated carbocycles. The van der Waals surface area contributed by atoms with Crippen molar-refractivity contribution < 1.29 is 4.39 Å². The average molecular weight is 260 g/mol. The van der Waals surface area contributed by atoms with Crippen LogP contribution in [0, 0.1) is 23.1 Å². The molecule has 1 aromatic rings. The molecule has 0 spiro atoms. The third-order valence-electron chi connectivity index (χ3n) is 4.09. The summed E-state index contributed by atoms with van der Waals surface area (Å²) < 4.78 is 13.7. The predicted molar refractivity (Wildman–Crippen MR) is 74.0 cm³/mol. The monoisotopic (exact) mass is 260 g/mol. The molecule has 1 fully saturated rings. The van der Waals surface area contributed by atoms with Crippen molar-refractivity contribution in [2.75, 3.05) is 0 Å². The van der Waals surface area contributed by atoms with Gasteiger partial charge >= 0.3 is 0 Å². The van der Waals surface area contributed by atoms with Gasteiger partial charge in [-0.15, -0.1) is 0 Å². The second-order valence-corrected chi connectivity index (χ2v) is 5.52. The van der Waals surface area contributed by atoms with Gasteiger partial charge < -0.3 is 5.32 Å². The summed E-state index contributed by atoms with van der Waals surface area (Å²) in [6.45, 7) is 2.78. The Bertz CT molecular complexity index is 464. The van der Waals surface area contributed by atoms with Gasteiger partial charge in [0.1, 0.15) is 5.82 Å². The molecule has 19 heavy (non-hydrogen) atoms. The van der Waals surface area contributed by atoms with E-state index in [1.54, 1.807) is 6.07 Å². The predicted octanol–water partition coefficient (Wildman–Crippen LogP) is 3.76. The number of halogens is 1. The highest BCUT2D eigenvalue weighted by atomic mass is 19.1. The minimum atomic E-state index is -0.229. The molecule has 2 rings (SSSR count). The zero-order chi connectivity index (χ0) is 13.7. The van der Waals surface area contributed by atoms with E-state index in [-0.39, 0.29) is 5.82 Å². The summed E-state index contributed by atoms with van der Waals surface area (Å²) in [6, 6.07) is 7.07. The first-order valence-corrected chi connectivity index (χ1v) is 7.12. The molecule has 1 aliphatic rings. The van der Waals surface area contributed by atoms with Crippen LogP contribution in [0.5, 0.6) is 0 Å². The summed E-state index contributed by atoms with van der Waals surface area (Å²) in [5.41, 5.74) is 1.11. The number of hydrogen-bond acceptors (Lipinski definition) is 2. The molecule has 102 valence electrons. The molecule has 1 N–H and O–H groups in total. The van der Waals surface area contributed by atoms with E-state index < -0.39 is 0 Å². The van der Waals surface area contributed by atoms with Gasteiger partial charge in [-0.1, -0.05) is 26.2 Å². The van der Waals surface area contributed by atoms with E-state index in [4.69, 9.17) is 5.26 Å². The minimum Gasteiger partial charge on any atom is -0.310 e. The molecule has 1 aliphatic carbocycles. The molecule has 0 saturated heterocycles. The van der Waals surface area contributed by atoms with Crippen LogP contribution in [-0.2, 0) is 6.54 Å². The van der Waals surface area contributed by atoms with Crippen LogP contribution in [-0.4, -0.2) is 6.04 Å². The fourth-order valence-electron chi connectivity index (χ4n) is 2.82. The Morgan fingerprint density at radius 3 is 2.89 bits per heavy atom. The summed E-state index contributed by atoms with van der Waals surface area (Å²) in [6.07, 6.45) is 6.28. The summed E-state index contributed by atoms with van der Waals surface area (Å²) >= 11 is 0. The van der Waals surface area contributed by atoms with Crippen LogP contribution in [0.3, 0.4) is 0 Å². The summed E-state index contributed by atoms with van der Waals surface area (Å²) in [5, 5.41) is 12.3. The standard InChI is InChI=1S/C16H21FN2/c1-12-5-3-2-4-6-16(12)19-11-14-9-13(10-18)7-8-15(14)17/h7-9,12,16,19H,2-6,11H2,1H3. The molecule has 2 unspecified atom stereocenters. The smallest absolute Gasteiger partial charge is 0.127 e. The van der Waals surface area contributed by atoms with Crippen molar-refractivity contribution in [3.63, 3.8) is 0 Å². The Morgan fingerprint density at radius 1 is 1.32 bits per heavy atom. The SMILES string of the molecule is CC1CCCCCC1NCc1cc(C#N)ccc1F. The fraction of sp³-hybridized carbons (Fsp3) is 0.562. The van der Waals surface area contributed by atoms with E-state index >= 15 is 0 Å². The lowest BCUT2D eigenvalue weighted by Crippen LogP contribution is -2.34.